The first-order valence-electron chi connectivity index (χ1n) is 7.11. The summed E-state index contributed by atoms with van der Waals surface area (Å²) in [7, 11) is 0. The molecule has 0 spiro atoms. The molecule has 0 bridgehead atoms. The molecule has 0 unspecified atom stereocenters. The van der Waals surface area contributed by atoms with Gasteiger partial charge in [-0.15, -0.1) is 0 Å². The third kappa shape index (κ3) is 3.09. The molecule has 0 saturated heterocycles. The molecule has 130 valence electrons. The summed E-state index contributed by atoms with van der Waals surface area (Å²) in [6, 6.07) is 8.22. The summed E-state index contributed by atoms with van der Waals surface area (Å²) in [5.74, 6) is 0.334. The minimum atomic E-state index is -0.568. The molecule has 0 aliphatic carbocycles. The van der Waals surface area contributed by atoms with Gasteiger partial charge in [-0.25, -0.2) is 19.4 Å². The molecule has 0 fully saturated rings. The third-order valence-corrected chi connectivity index (χ3v) is 4.88. The fourth-order valence-corrected chi connectivity index (χ4v) is 3.86. The van der Waals surface area contributed by atoms with Crippen LogP contribution in [-0.4, -0.2) is 19.7 Å². The number of nitrogens with zero attached hydrogens (tertiary/aromatic N) is 4. The van der Waals surface area contributed by atoms with E-state index in [4.69, 9.17) is 39.2 Å². The zero-order valence-corrected chi connectivity index (χ0v) is 17.0. The SMILES string of the molecule is O=c1oc(-c2cc(Cl)nn2-c2ncccc2Cl)nc2c(Cl)cc(I)cc12. The van der Waals surface area contributed by atoms with Crippen LogP contribution in [0.25, 0.3) is 28.3 Å². The van der Waals surface area contributed by atoms with E-state index in [0.717, 1.165) is 3.57 Å². The Bertz CT molecular complexity index is 1220. The van der Waals surface area contributed by atoms with Gasteiger partial charge in [-0.3, -0.25) is 0 Å². The highest BCUT2D eigenvalue weighted by molar-refractivity contribution is 14.1. The molecule has 26 heavy (non-hydrogen) atoms. The molecule has 6 nitrogen and oxygen atoms in total. The largest absolute Gasteiger partial charge is 0.401 e. The Balaban J connectivity index is 2.01. The molecule has 0 N–H and O–H groups in total. The fourth-order valence-electron chi connectivity index (χ4n) is 2.41. The molecule has 0 aliphatic heterocycles. The fraction of sp³-hybridized carbons (Fsp3) is 0. The van der Waals surface area contributed by atoms with Crippen LogP contribution in [0.3, 0.4) is 0 Å². The van der Waals surface area contributed by atoms with Crippen LogP contribution in [0.2, 0.25) is 15.2 Å². The smallest absolute Gasteiger partial charge is 0.347 e. The summed E-state index contributed by atoms with van der Waals surface area (Å²) < 4.78 is 7.55. The van der Waals surface area contributed by atoms with E-state index in [1.54, 1.807) is 30.5 Å². The molecule has 4 aromatic rings. The van der Waals surface area contributed by atoms with Crippen molar-refractivity contribution in [3.8, 4) is 17.4 Å². The van der Waals surface area contributed by atoms with E-state index >= 15 is 0 Å². The summed E-state index contributed by atoms with van der Waals surface area (Å²) in [5, 5.41) is 5.31. The van der Waals surface area contributed by atoms with Crippen molar-refractivity contribution in [3.63, 3.8) is 0 Å². The van der Waals surface area contributed by atoms with Gasteiger partial charge in [0.15, 0.2) is 11.0 Å². The van der Waals surface area contributed by atoms with Gasteiger partial charge in [-0.1, -0.05) is 34.8 Å². The standard InChI is InChI=1S/C16H6Cl3IN4O2/c17-9-2-1-3-21-14(9)24-11(6-12(19)23-24)15-22-13-8(16(25)26-15)4-7(20)5-10(13)18/h1-6H. The van der Waals surface area contributed by atoms with E-state index in [-0.39, 0.29) is 11.0 Å². The molecule has 0 amide bonds. The van der Waals surface area contributed by atoms with Crippen LogP contribution in [0.4, 0.5) is 0 Å². The minimum Gasteiger partial charge on any atom is -0.401 e. The Kier molecular flexibility index (Phi) is 4.64. The molecule has 0 aliphatic rings. The zero-order valence-electron chi connectivity index (χ0n) is 12.6. The van der Waals surface area contributed by atoms with Crippen LogP contribution >= 0.6 is 57.4 Å². The lowest BCUT2D eigenvalue weighted by atomic mass is 10.2. The van der Waals surface area contributed by atoms with Crippen LogP contribution in [-0.2, 0) is 0 Å². The molecule has 3 heterocycles. The maximum absolute atomic E-state index is 12.4. The van der Waals surface area contributed by atoms with Gasteiger partial charge < -0.3 is 4.42 Å². The topological polar surface area (TPSA) is 73.8 Å². The Morgan fingerprint density at radius 3 is 2.69 bits per heavy atom. The van der Waals surface area contributed by atoms with Crippen LogP contribution in [0.15, 0.2) is 45.7 Å². The maximum Gasteiger partial charge on any atom is 0.347 e. The van der Waals surface area contributed by atoms with Gasteiger partial charge in [0.1, 0.15) is 11.2 Å². The van der Waals surface area contributed by atoms with Crippen molar-refractivity contribution in [2.75, 3.05) is 0 Å². The zero-order chi connectivity index (χ0) is 18.4. The molecule has 1 aromatic carbocycles. The van der Waals surface area contributed by atoms with Gasteiger partial charge in [0, 0.05) is 15.8 Å². The second-order valence-electron chi connectivity index (χ2n) is 5.16. The Hall–Kier alpha value is -1.68. The quantitative estimate of drug-likeness (QED) is 0.349. The predicted octanol–water partition coefficient (Wildman–Crippen LogP) is 5.00. The Labute approximate surface area is 174 Å². The lowest BCUT2D eigenvalue weighted by molar-refractivity contribution is 0.513. The van der Waals surface area contributed by atoms with Crippen LogP contribution < -0.4 is 5.63 Å². The van der Waals surface area contributed by atoms with Crippen molar-refractivity contribution in [1.82, 2.24) is 19.7 Å². The van der Waals surface area contributed by atoms with Crippen molar-refractivity contribution >= 4 is 68.3 Å². The Morgan fingerprint density at radius 2 is 1.92 bits per heavy atom. The molecule has 0 atom stereocenters. The van der Waals surface area contributed by atoms with E-state index < -0.39 is 5.63 Å². The van der Waals surface area contributed by atoms with Crippen molar-refractivity contribution in [2.24, 2.45) is 0 Å². The van der Waals surface area contributed by atoms with Gasteiger partial charge >= 0.3 is 5.63 Å². The van der Waals surface area contributed by atoms with Crippen LogP contribution in [0.1, 0.15) is 0 Å². The average Bonchev–Trinajstić information content (AvgIpc) is 2.97. The van der Waals surface area contributed by atoms with Crippen molar-refractivity contribution in [1.29, 1.82) is 0 Å². The lowest BCUT2D eigenvalue weighted by Crippen LogP contribution is -2.07. The predicted molar refractivity (Wildman–Crippen MR) is 108 cm³/mol. The molecule has 10 heteroatoms. The first-order valence-corrected chi connectivity index (χ1v) is 9.32. The summed E-state index contributed by atoms with van der Waals surface area (Å²) in [4.78, 5) is 21.0. The number of halogens is 4. The molecular weight excluding hydrogens is 513 g/mol. The second-order valence-corrected chi connectivity index (χ2v) is 7.61. The minimum absolute atomic E-state index is 0.00623. The van der Waals surface area contributed by atoms with Gasteiger partial charge in [0.2, 0.25) is 5.89 Å². The van der Waals surface area contributed by atoms with E-state index in [0.29, 0.717) is 32.5 Å². The summed E-state index contributed by atoms with van der Waals surface area (Å²) in [5.41, 5.74) is 0.0833. The number of aromatic nitrogens is 4. The number of fused-ring (bicyclic) bond motifs is 1. The van der Waals surface area contributed by atoms with E-state index in [9.17, 15) is 4.79 Å². The maximum atomic E-state index is 12.4. The normalized spacial score (nSPS) is 11.2. The van der Waals surface area contributed by atoms with Crippen LogP contribution in [0.5, 0.6) is 0 Å². The molecule has 3 aromatic heterocycles. The van der Waals surface area contributed by atoms with E-state index in [2.05, 4.69) is 37.7 Å². The third-order valence-electron chi connectivity index (χ3n) is 3.49. The first-order chi connectivity index (χ1) is 12.4. The summed E-state index contributed by atoms with van der Waals surface area (Å²) in [6.07, 6.45) is 1.56. The monoisotopic (exact) mass is 518 g/mol. The highest BCUT2D eigenvalue weighted by Gasteiger charge is 2.19. The number of hydrogen-bond acceptors (Lipinski definition) is 5. The molecule has 4 rings (SSSR count). The van der Waals surface area contributed by atoms with Crippen molar-refractivity contribution in [3.05, 3.63) is 65.7 Å². The molecule has 0 radical (unpaired) electrons. The first kappa shape index (κ1) is 17.7. The van der Waals surface area contributed by atoms with Crippen molar-refractivity contribution in [2.45, 2.75) is 0 Å². The van der Waals surface area contributed by atoms with Gasteiger partial charge in [-0.2, -0.15) is 5.10 Å². The van der Waals surface area contributed by atoms with Crippen molar-refractivity contribution < 1.29 is 4.42 Å². The highest BCUT2D eigenvalue weighted by Crippen LogP contribution is 2.29. The van der Waals surface area contributed by atoms with E-state index in [1.807, 2.05) is 0 Å². The number of benzene rings is 1. The Morgan fingerprint density at radius 1 is 1.12 bits per heavy atom. The second kappa shape index (κ2) is 6.80. The van der Waals surface area contributed by atoms with E-state index in [1.165, 1.54) is 10.7 Å². The van der Waals surface area contributed by atoms with Crippen LogP contribution in [0, 0.1) is 3.57 Å². The molecule has 0 saturated carbocycles. The molecular formula is C16H6Cl3IN4O2. The number of pyridine rings is 1. The number of hydrogen-bond donors (Lipinski definition) is 0. The van der Waals surface area contributed by atoms with Gasteiger partial charge in [-0.05, 0) is 46.9 Å². The van der Waals surface area contributed by atoms with Gasteiger partial charge in [0.05, 0.1) is 15.4 Å². The highest BCUT2D eigenvalue weighted by atomic mass is 127. The average molecular weight is 520 g/mol. The lowest BCUT2D eigenvalue weighted by Gasteiger charge is -2.07. The summed E-state index contributed by atoms with van der Waals surface area (Å²) >= 11 is 20.6. The van der Waals surface area contributed by atoms with Gasteiger partial charge in [0.25, 0.3) is 0 Å². The number of rotatable bonds is 2. The summed E-state index contributed by atoms with van der Waals surface area (Å²) in [6.45, 7) is 0.